The van der Waals surface area contributed by atoms with Crippen molar-refractivity contribution >= 4 is 45.0 Å². The Bertz CT molecular complexity index is 730. The summed E-state index contributed by atoms with van der Waals surface area (Å²) in [6.07, 6.45) is 0.199. The van der Waals surface area contributed by atoms with Gasteiger partial charge in [-0.15, -0.1) is 0 Å². The van der Waals surface area contributed by atoms with Crippen molar-refractivity contribution in [3.05, 3.63) is 63.1 Å². The van der Waals surface area contributed by atoms with E-state index in [9.17, 15) is 9.59 Å². The number of fused-ring (bicyclic) bond motifs is 1. The third-order valence-electron chi connectivity index (χ3n) is 3.19. The molecule has 2 aromatic carbocycles. The normalized spacial score (nSPS) is 14.4. The molecule has 0 saturated carbocycles. The first-order valence-electron chi connectivity index (χ1n) is 5.98. The third kappa shape index (κ3) is 2.15. The maximum Gasteiger partial charge on any atom is 0.265 e. The molecule has 0 bridgehead atoms. The topological polar surface area (TPSA) is 37.4 Å². The van der Waals surface area contributed by atoms with Crippen molar-refractivity contribution in [3.63, 3.8) is 0 Å². The molecule has 3 nitrogen and oxygen atoms in total. The molecule has 0 atom stereocenters. The Morgan fingerprint density at radius 2 is 1.85 bits per heavy atom. The number of anilines is 1. The molecule has 0 radical (unpaired) electrons. The van der Waals surface area contributed by atoms with E-state index in [0.717, 1.165) is 14.9 Å². The van der Waals surface area contributed by atoms with Gasteiger partial charge in [0.2, 0.25) is 5.91 Å². The molecule has 0 aromatic heterocycles. The minimum Gasteiger partial charge on any atom is -0.274 e. The lowest BCUT2D eigenvalue weighted by molar-refractivity contribution is -0.117. The average molecular weight is 351 g/mol. The molecule has 0 saturated heterocycles. The number of halogens is 2. The van der Waals surface area contributed by atoms with Crippen LogP contribution >= 0.6 is 27.5 Å². The molecular formula is C15H9BrClNO2. The van der Waals surface area contributed by atoms with E-state index in [1.165, 1.54) is 0 Å². The number of hydrogen-bond acceptors (Lipinski definition) is 2. The van der Waals surface area contributed by atoms with Gasteiger partial charge in [-0.3, -0.25) is 9.59 Å². The van der Waals surface area contributed by atoms with E-state index in [2.05, 4.69) is 15.9 Å². The molecule has 0 aliphatic carbocycles. The highest BCUT2D eigenvalue weighted by Gasteiger charge is 2.32. The number of imide groups is 1. The lowest BCUT2D eigenvalue weighted by atomic mass is 9.98. The molecule has 100 valence electrons. The Morgan fingerprint density at radius 3 is 2.65 bits per heavy atom. The molecule has 5 heteroatoms. The van der Waals surface area contributed by atoms with Crippen LogP contribution in [-0.2, 0) is 11.2 Å². The molecule has 0 fully saturated rings. The summed E-state index contributed by atoms with van der Waals surface area (Å²) in [5.41, 5.74) is 1.71. The summed E-state index contributed by atoms with van der Waals surface area (Å²) in [6.45, 7) is 0. The van der Waals surface area contributed by atoms with Gasteiger partial charge in [0.05, 0.1) is 17.1 Å². The Hall–Kier alpha value is -1.65. The van der Waals surface area contributed by atoms with Crippen molar-refractivity contribution in [1.82, 2.24) is 0 Å². The summed E-state index contributed by atoms with van der Waals surface area (Å²) in [4.78, 5) is 25.9. The minimum absolute atomic E-state index is 0.199. The van der Waals surface area contributed by atoms with E-state index in [1.54, 1.807) is 36.4 Å². The standard InChI is InChI=1S/C15H9BrClNO2/c16-10-5-6-12(17)13(8-10)18-14(19)7-9-3-1-2-4-11(9)15(18)20/h1-6,8H,7H2. The largest absolute Gasteiger partial charge is 0.274 e. The number of carbonyl (C=O) groups excluding carboxylic acids is 2. The molecule has 2 amide bonds. The first-order chi connectivity index (χ1) is 9.58. The van der Waals surface area contributed by atoms with Crippen LogP contribution < -0.4 is 4.90 Å². The fraction of sp³-hybridized carbons (Fsp3) is 0.0667. The van der Waals surface area contributed by atoms with Gasteiger partial charge < -0.3 is 0 Å². The average Bonchev–Trinajstić information content (AvgIpc) is 2.42. The number of rotatable bonds is 1. The van der Waals surface area contributed by atoms with Crippen LogP contribution in [0.2, 0.25) is 5.02 Å². The molecule has 1 heterocycles. The predicted octanol–water partition coefficient (Wildman–Crippen LogP) is 3.83. The van der Waals surface area contributed by atoms with E-state index in [-0.39, 0.29) is 18.2 Å². The van der Waals surface area contributed by atoms with E-state index in [1.807, 2.05) is 6.07 Å². The second kappa shape index (κ2) is 5.04. The van der Waals surface area contributed by atoms with Gasteiger partial charge in [0, 0.05) is 10.0 Å². The highest BCUT2D eigenvalue weighted by molar-refractivity contribution is 9.10. The SMILES string of the molecule is O=C1Cc2ccccc2C(=O)N1c1cc(Br)ccc1Cl. The molecule has 1 aliphatic heterocycles. The Labute approximate surface area is 129 Å². The number of hydrogen-bond donors (Lipinski definition) is 0. The Morgan fingerprint density at radius 1 is 1.10 bits per heavy atom. The van der Waals surface area contributed by atoms with Crippen LogP contribution in [0.5, 0.6) is 0 Å². The van der Waals surface area contributed by atoms with Gasteiger partial charge in [0.1, 0.15) is 0 Å². The van der Waals surface area contributed by atoms with Crippen LogP contribution in [0.4, 0.5) is 5.69 Å². The van der Waals surface area contributed by atoms with Crippen LogP contribution in [0, 0.1) is 0 Å². The van der Waals surface area contributed by atoms with Crippen molar-refractivity contribution in [3.8, 4) is 0 Å². The van der Waals surface area contributed by atoms with Crippen molar-refractivity contribution < 1.29 is 9.59 Å². The second-order valence-electron chi connectivity index (χ2n) is 4.46. The maximum atomic E-state index is 12.5. The van der Waals surface area contributed by atoms with E-state index in [4.69, 9.17) is 11.6 Å². The second-order valence-corrected chi connectivity index (χ2v) is 5.79. The third-order valence-corrected chi connectivity index (χ3v) is 4.00. The van der Waals surface area contributed by atoms with Gasteiger partial charge in [0.25, 0.3) is 5.91 Å². The smallest absolute Gasteiger partial charge is 0.265 e. The summed E-state index contributed by atoms with van der Waals surface area (Å²) in [7, 11) is 0. The first kappa shape index (κ1) is 13.3. The van der Waals surface area contributed by atoms with Crippen molar-refractivity contribution in [1.29, 1.82) is 0 Å². The summed E-state index contributed by atoms with van der Waals surface area (Å²) in [5.74, 6) is -0.606. The van der Waals surface area contributed by atoms with Crippen molar-refractivity contribution in [2.24, 2.45) is 0 Å². The quantitative estimate of drug-likeness (QED) is 0.733. The fourth-order valence-corrected chi connectivity index (χ4v) is 2.81. The molecule has 0 unspecified atom stereocenters. The molecule has 20 heavy (non-hydrogen) atoms. The van der Waals surface area contributed by atoms with Crippen LogP contribution in [0.1, 0.15) is 15.9 Å². The highest BCUT2D eigenvalue weighted by Crippen LogP contribution is 2.33. The Balaban J connectivity index is 2.14. The summed E-state index contributed by atoms with van der Waals surface area (Å²) in [6, 6.07) is 12.2. The Kier molecular flexibility index (Phi) is 3.36. The maximum absolute atomic E-state index is 12.5. The van der Waals surface area contributed by atoms with Gasteiger partial charge in [-0.2, -0.15) is 0 Å². The lowest BCUT2D eigenvalue weighted by Crippen LogP contribution is -2.42. The van der Waals surface area contributed by atoms with E-state index < -0.39 is 0 Å². The van der Waals surface area contributed by atoms with Crippen LogP contribution in [-0.4, -0.2) is 11.8 Å². The molecule has 0 N–H and O–H groups in total. The van der Waals surface area contributed by atoms with Gasteiger partial charge >= 0.3 is 0 Å². The van der Waals surface area contributed by atoms with Gasteiger partial charge in [-0.05, 0) is 29.8 Å². The zero-order valence-corrected chi connectivity index (χ0v) is 12.6. The summed E-state index contributed by atoms with van der Waals surface area (Å²) >= 11 is 9.45. The van der Waals surface area contributed by atoms with Crippen LogP contribution in [0.3, 0.4) is 0 Å². The summed E-state index contributed by atoms with van der Waals surface area (Å²) < 4.78 is 0.761. The van der Waals surface area contributed by atoms with E-state index in [0.29, 0.717) is 16.3 Å². The molecular weight excluding hydrogens is 342 g/mol. The van der Waals surface area contributed by atoms with Gasteiger partial charge in [-0.1, -0.05) is 45.7 Å². The molecule has 3 rings (SSSR count). The summed E-state index contributed by atoms with van der Waals surface area (Å²) in [5, 5.41) is 0.370. The molecule has 2 aromatic rings. The number of benzene rings is 2. The van der Waals surface area contributed by atoms with E-state index >= 15 is 0 Å². The van der Waals surface area contributed by atoms with Gasteiger partial charge in [0.15, 0.2) is 0 Å². The molecule has 0 spiro atoms. The first-order valence-corrected chi connectivity index (χ1v) is 7.15. The van der Waals surface area contributed by atoms with Crippen LogP contribution in [0.15, 0.2) is 46.9 Å². The van der Waals surface area contributed by atoms with Crippen molar-refractivity contribution in [2.45, 2.75) is 6.42 Å². The lowest BCUT2D eigenvalue weighted by Gasteiger charge is -2.27. The highest BCUT2D eigenvalue weighted by atomic mass is 79.9. The minimum atomic E-state index is -0.336. The monoisotopic (exact) mass is 349 g/mol. The number of amides is 2. The number of carbonyl (C=O) groups is 2. The van der Waals surface area contributed by atoms with Crippen LogP contribution in [0.25, 0.3) is 0 Å². The van der Waals surface area contributed by atoms with Gasteiger partial charge in [-0.25, -0.2) is 4.90 Å². The fourth-order valence-electron chi connectivity index (χ4n) is 2.26. The molecule has 1 aliphatic rings. The predicted molar refractivity (Wildman–Crippen MR) is 81.1 cm³/mol. The number of nitrogens with zero attached hydrogens (tertiary/aromatic N) is 1. The van der Waals surface area contributed by atoms with Crippen molar-refractivity contribution in [2.75, 3.05) is 4.90 Å². The zero-order valence-electron chi connectivity index (χ0n) is 10.3. The zero-order chi connectivity index (χ0) is 14.3.